The minimum atomic E-state index is -0.209. The lowest BCUT2D eigenvalue weighted by molar-refractivity contribution is -0.137. The van der Waals surface area contributed by atoms with Gasteiger partial charge >= 0.3 is 0 Å². The molecule has 0 saturated carbocycles. The summed E-state index contributed by atoms with van der Waals surface area (Å²) in [5.74, 6) is 1.02. The maximum absolute atomic E-state index is 13.0. The summed E-state index contributed by atoms with van der Waals surface area (Å²) in [4.78, 5) is 17.2. The first-order chi connectivity index (χ1) is 10.7. The first-order valence-corrected chi connectivity index (χ1v) is 8.08. The molecule has 1 fully saturated rings. The zero-order chi connectivity index (χ0) is 15.9. The largest absolute Gasteiger partial charge is 0.497 e. The highest BCUT2D eigenvalue weighted by atomic mass is 16.5. The third kappa shape index (κ3) is 3.78. The number of likely N-dealkylation sites (N-methyl/N-ethyl adjacent to an activating group) is 1. The van der Waals surface area contributed by atoms with Gasteiger partial charge in [-0.05, 0) is 30.8 Å². The Morgan fingerprint density at radius 1 is 1.23 bits per heavy atom. The molecule has 0 radical (unpaired) electrons. The minimum Gasteiger partial charge on any atom is -0.497 e. The topological polar surface area (TPSA) is 44.8 Å². The Balaban J connectivity index is 2.26. The molecule has 0 bridgehead atoms. The van der Waals surface area contributed by atoms with Crippen LogP contribution in [0.1, 0.15) is 25.5 Å². The number of carbonyl (C=O) groups is 1. The van der Waals surface area contributed by atoms with Crippen LogP contribution < -0.4 is 10.1 Å². The molecule has 1 aromatic rings. The van der Waals surface area contributed by atoms with Gasteiger partial charge < -0.3 is 15.0 Å². The zero-order valence-corrected chi connectivity index (χ0v) is 13.8. The molecule has 0 spiro atoms. The first-order valence-electron chi connectivity index (χ1n) is 8.08. The van der Waals surface area contributed by atoms with Crippen molar-refractivity contribution in [3.05, 3.63) is 29.8 Å². The number of carbonyl (C=O) groups excluding carboxylic acids is 1. The van der Waals surface area contributed by atoms with Crippen LogP contribution in [-0.2, 0) is 4.79 Å². The number of rotatable bonds is 6. The monoisotopic (exact) mass is 305 g/mol. The predicted molar refractivity (Wildman–Crippen MR) is 88.1 cm³/mol. The summed E-state index contributed by atoms with van der Waals surface area (Å²) in [5.41, 5.74) is 1.04. The van der Waals surface area contributed by atoms with Gasteiger partial charge in [0.05, 0.1) is 7.11 Å². The number of nitrogens with one attached hydrogen (secondary N) is 1. The predicted octanol–water partition coefficient (Wildman–Crippen LogP) is 1.51. The maximum Gasteiger partial charge on any atom is 0.244 e. The second kappa shape index (κ2) is 8.15. The average Bonchev–Trinajstić information content (AvgIpc) is 2.60. The van der Waals surface area contributed by atoms with Crippen molar-refractivity contribution < 1.29 is 9.53 Å². The Morgan fingerprint density at radius 2 is 1.82 bits per heavy atom. The highest BCUT2D eigenvalue weighted by molar-refractivity contribution is 5.83. The lowest BCUT2D eigenvalue weighted by Gasteiger charge is -2.35. The Labute approximate surface area is 133 Å². The van der Waals surface area contributed by atoms with Crippen molar-refractivity contribution in [2.45, 2.75) is 19.9 Å². The molecule has 1 aliphatic heterocycles. The van der Waals surface area contributed by atoms with Crippen LogP contribution in [0.5, 0.6) is 5.75 Å². The molecule has 1 aromatic carbocycles. The van der Waals surface area contributed by atoms with Crippen molar-refractivity contribution in [2.75, 3.05) is 46.4 Å². The van der Waals surface area contributed by atoms with Crippen molar-refractivity contribution in [2.24, 2.45) is 0 Å². The van der Waals surface area contributed by atoms with Crippen LogP contribution in [0.4, 0.5) is 0 Å². The molecule has 122 valence electrons. The van der Waals surface area contributed by atoms with E-state index in [1.165, 1.54) is 0 Å². The highest BCUT2D eigenvalue weighted by Gasteiger charge is 2.30. The molecular weight excluding hydrogens is 278 g/mol. The third-order valence-corrected chi connectivity index (χ3v) is 4.27. The summed E-state index contributed by atoms with van der Waals surface area (Å²) in [5, 5.41) is 3.30. The number of piperazine rings is 1. The van der Waals surface area contributed by atoms with Gasteiger partial charge in [-0.1, -0.05) is 26.0 Å². The maximum atomic E-state index is 13.0. The Kier molecular flexibility index (Phi) is 6.21. The van der Waals surface area contributed by atoms with E-state index in [-0.39, 0.29) is 11.9 Å². The lowest BCUT2D eigenvalue weighted by atomic mass is 10.0. The van der Waals surface area contributed by atoms with Gasteiger partial charge in [-0.25, -0.2) is 0 Å². The normalized spacial score (nSPS) is 16.6. The number of amides is 1. The second-order valence-electron chi connectivity index (χ2n) is 5.47. The van der Waals surface area contributed by atoms with Crippen molar-refractivity contribution in [3.63, 3.8) is 0 Å². The van der Waals surface area contributed by atoms with Crippen LogP contribution >= 0.6 is 0 Å². The molecule has 0 aromatic heterocycles. The van der Waals surface area contributed by atoms with E-state index in [2.05, 4.69) is 24.1 Å². The number of methoxy groups -OCH3 is 1. The minimum absolute atomic E-state index is 0.204. The van der Waals surface area contributed by atoms with Gasteiger partial charge in [0.1, 0.15) is 11.8 Å². The van der Waals surface area contributed by atoms with Gasteiger partial charge in [-0.3, -0.25) is 9.69 Å². The van der Waals surface area contributed by atoms with Crippen LogP contribution in [-0.4, -0.2) is 62.1 Å². The molecule has 1 aliphatic rings. The van der Waals surface area contributed by atoms with E-state index in [9.17, 15) is 4.79 Å². The average molecular weight is 305 g/mol. The van der Waals surface area contributed by atoms with Crippen LogP contribution in [0.15, 0.2) is 24.3 Å². The number of hydrogen-bond donors (Lipinski definition) is 1. The summed E-state index contributed by atoms with van der Waals surface area (Å²) in [6, 6.07) is 7.65. The quantitative estimate of drug-likeness (QED) is 0.865. The molecule has 5 heteroatoms. The number of nitrogens with zero attached hydrogens (tertiary/aromatic N) is 2. The van der Waals surface area contributed by atoms with E-state index in [1.807, 2.05) is 29.2 Å². The van der Waals surface area contributed by atoms with Gasteiger partial charge in [0.2, 0.25) is 5.91 Å². The molecule has 1 amide bonds. The highest BCUT2D eigenvalue weighted by Crippen LogP contribution is 2.25. The number of benzene rings is 1. The molecule has 1 saturated heterocycles. The summed E-state index contributed by atoms with van der Waals surface area (Å²) in [7, 11) is 1.66. The molecule has 1 unspecified atom stereocenters. The molecular formula is C17H27N3O2. The molecule has 0 aliphatic carbocycles. The van der Waals surface area contributed by atoms with Gasteiger partial charge in [0.25, 0.3) is 0 Å². The fourth-order valence-corrected chi connectivity index (χ4v) is 2.94. The van der Waals surface area contributed by atoms with Gasteiger partial charge in [0, 0.05) is 26.2 Å². The Bertz CT molecular complexity index is 465. The van der Waals surface area contributed by atoms with Gasteiger partial charge in [0.15, 0.2) is 0 Å². The van der Waals surface area contributed by atoms with E-state index < -0.39 is 0 Å². The van der Waals surface area contributed by atoms with Crippen molar-refractivity contribution >= 4 is 5.91 Å². The smallest absolute Gasteiger partial charge is 0.244 e. The van der Waals surface area contributed by atoms with E-state index in [0.29, 0.717) is 0 Å². The van der Waals surface area contributed by atoms with Crippen LogP contribution in [0, 0.1) is 0 Å². The molecule has 5 nitrogen and oxygen atoms in total. The molecule has 22 heavy (non-hydrogen) atoms. The Hall–Kier alpha value is -1.59. The summed E-state index contributed by atoms with van der Waals surface area (Å²) in [6.45, 7) is 9.23. The van der Waals surface area contributed by atoms with Gasteiger partial charge in [-0.2, -0.15) is 0 Å². The van der Waals surface area contributed by atoms with Crippen LogP contribution in [0.3, 0.4) is 0 Å². The SMILES string of the molecule is CCN(CC)C(C(=O)N1CCNCC1)c1ccc(OC)cc1. The Morgan fingerprint density at radius 3 is 2.32 bits per heavy atom. The standard InChI is InChI=1S/C17H27N3O2/c1-4-19(5-2)16(14-6-8-15(22-3)9-7-14)17(21)20-12-10-18-11-13-20/h6-9,16,18H,4-5,10-13H2,1-3H3. The second-order valence-corrected chi connectivity index (χ2v) is 5.47. The van der Waals surface area contributed by atoms with E-state index in [0.717, 1.165) is 50.6 Å². The first kappa shape index (κ1) is 16.8. The van der Waals surface area contributed by atoms with Crippen molar-refractivity contribution in [1.82, 2.24) is 15.1 Å². The van der Waals surface area contributed by atoms with Crippen molar-refractivity contribution in [3.8, 4) is 5.75 Å². The van der Waals surface area contributed by atoms with E-state index in [4.69, 9.17) is 4.74 Å². The number of ether oxygens (including phenoxy) is 1. The molecule has 1 N–H and O–H groups in total. The summed E-state index contributed by atoms with van der Waals surface area (Å²) >= 11 is 0. The molecule has 1 heterocycles. The molecule has 2 rings (SSSR count). The van der Waals surface area contributed by atoms with Crippen LogP contribution in [0.25, 0.3) is 0 Å². The lowest BCUT2D eigenvalue weighted by Crippen LogP contribution is -2.50. The summed E-state index contributed by atoms with van der Waals surface area (Å²) < 4.78 is 5.22. The van der Waals surface area contributed by atoms with Gasteiger partial charge in [-0.15, -0.1) is 0 Å². The van der Waals surface area contributed by atoms with Crippen LogP contribution in [0.2, 0.25) is 0 Å². The fourth-order valence-electron chi connectivity index (χ4n) is 2.94. The van der Waals surface area contributed by atoms with E-state index >= 15 is 0 Å². The molecule has 1 atom stereocenters. The zero-order valence-electron chi connectivity index (χ0n) is 13.8. The van der Waals surface area contributed by atoms with E-state index in [1.54, 1.807) is 7.11 Å². The summed E-state index contributed by atoms with van der Waals surface area (Å²) in [6.07, 6.45) is 0. The fraction of sp³-hybridized carbons (Fsp3) is 0.588. The van der Waals surface area contributed by atoms with Crippen molar-refractivity contribution in [1.29, 1.82) is 0 Å². The number of hydrogen-bond acceptors (Lipinski definition) is 4. The third-order valence-electron chi connectivity index (χ3n) is 4.27.